The van der Waals surface area contributed by atoms with Gasteiger partial charge in [0.25, 0.3) is 6.29 Å². The zero-order valence-corrected chi connectivity index (χ0v) is 50.5. The molecule has 2 unspecified atom stereocenters. The van der Waals surface area contributed by atoms with E-state index < -0.39 is 30.3 Å². The van der Waals surface area contributed by atoms with Crippen LogP contribution in [0.1, 0.15) is 206 Å². The van der Waals surface area contributed by atoms with Crippen LogP contribution in [0.4, 0.5) is 0 Å². The van der Waals surface area contributed by atoms with Gasteiger partial charge >= 0.3 is 17.9 Å². The van der Waals surface area contributed by atoms with Gasteiger partial charge in [-0.15, -0.1) is 0 Å². The van der Waals surface area contributed by atoms with Crippen molar-refractivity contribution in [2.24, 2.45) is 0 Å². The lowest BCUT2D eigenvalue weighted by molar-refractivity contribution is -0.870. The highest BCUT2D eigenvalue weighted by Gasteiger charge is 2.25. The minimum absolute atomic E-state index is 0.170. The predicted molar refractivity (Wildman–Crippen MR) is 336 cm³/mol. The maximum Gasteiger partial charge on any atom is 0.361 e. The summed E-state index contributed by atoms with van der Waals surface area (Å²) < 4.78 is 22.7. The largest absolute Gasteiger partial charge is 0.477 e. The molecule has 0 aliphatic rings. The maximum absolute atomic E-state index is 12.9. The summed E-state index contributed by atoms with van der Waals surface area (Å²) in [6.07, 6.45) is 85.1. The second-order valence-electron chi connectivity index (χ2n) is 20.9. The topological polar surface area (TPSA) is 108 Å². The lowest BCUT2D eigenvalue weighted by atomic mass is 10.0. The molecule has 0 saturated carbocycles. The second-order valence-corrected chi connectivity index (χ2v) is 20.9. The second kappa shape index (κ2) is 59.0. The Labute approximate surface area is 483 Å². The van der Waals surface area contributed by atoms with E-state index in [1.165, 1.54) is 64.2 Å². The van der Waals surface area contributed by atoms with E-state index >= 15 is 0 Å². The highest BCUT2D eigenvalue weighted by Crippen LogP contribution is 2.15. The Hall–Kier alpha value is -5.09. The van der Waals surface area contributed by atoms with Gasteiger partial charge < -0.3 is 28.5 Å². The van der Waals surface area contributed by atoms with E-state index in [0.717, 1.165) is 103 Å². The molecule has 0 amide bonds. The first-order chi connectivity index (χ1) is 38.6. The van der Waals surface area contributed by atoms with Crippen molar-refractivity contribution in [1.29, 1.82) is 0 Å². The molecule has 0 aliphatic heterocycles. The van der Waals surface area contributed by atoms with Crippen molar-refractivity contribution >= 4 is 17.9 Å². The third-order valence-corrected chi connectivity index (χ3v) is 12.3. The number of rotatable bonds is 54. The molecule has 2 atom stereocenters. The zero-order chi connectivity index (χ0) is 57.6. The molecular weight excluding hydrogens is 983 g/mol. The molecule has 0 saturated heterocycles. The maximum atomic E-state index is 12.9. The summed E-state index contributed by atoms with van der Waals surface area (Å²) in [5.74, 6) is -2.13. The van der Waals surface area contributed by atoms with Gasteiger partial charge in [0.15, 0.2) is 6.10 Å². The number of unbranched alkanes of at least 4 members (excludes halogenated alkanes) is 13. The summed E-state index contributed by atoms with van der Waals surface area (Å²) >= 11 is 0. The number of likely N-dealkylation sites (N-methyl/N-ethyl adjacent to an activating group) is 1. The highest BCUT2D eigenvalue weighted by atomic mass is 16.7. The molecule has 0 heterocycles. The monoisotopic (exact) mass is 1090 g/mol. The van der Waals surface area contributed by atoms with Crippen LogP contribution in [0.25, 0.3) is 0 Å². The molecule has 0 aromatic rings. The van der Waals surface area contributed by atoms with Crippen LogP contribution in [0.3, 0.4) is 0 Å². The van der Waals surface area contributed by atoms with E-state index in [1.54, 1.807) is 0 Å². The molecule has 79 heavy (non-hydrogen) atoms. The minimum Gasteiger partial charge on any atom is -0.477 e. The molecule has 0 bridgehead atoms. The molecule has 1 N–H and O–H groups in total. The van der Waals surface area contributed by atoms with Crippen molar-refractivity contribution in [2.75, 3.05) is 47.5 Å². The van der Waals surface area contributed by atoms with Gasteiger partial charge in [0.05, 0.1) is 34.4 Å². The molecule has 0 aromatic heterocycles. The molecule has 0 aliphatic carbocycles. The number of nitrogens with zero attached hydrogens (tertiary/aromatic N) is 1. The zero-order valence-electron chi connectivity index (χ0n) is 50.5. The average Bonchev–Trinajstić information content (AvgIpc) is 3.42. The summed E-state index contributed by atoms with van der Waals surface area (Å²) in [6, 6.07) is 0. The smallest absolute Gasteiger partial charge is 0.361 e. The van der Waals surface area contributed by atoms with E-state index in [2.05, 4.69) is 160 Å². The van der Waals surface area contributed by atoms with Gasteiger partial charge in [-0.2, -0.15) is 0 Å². The van der Waals surface area contributed by atoms with Gasteiger partial charge in [0, 0.05) is 12.8 Å². The lowest BCUT2D eigenvalue weighted by Gasteiger charge is -2.25. The number of hydrogen-bond donors (Lipinski definition) is 1. The normalized spacial score (nSPS) is 13.9. The van der Waals surface area contributed by atoms with Crippen LogP contribution in [0, 0.1) is 0 Å². The molecular formula is C70H112NO8+. The van der Waals surface area contributed by atoms with Crippen molar-refractivity contribution in [3.05, 3.63) is 158 Å². The molecule has 444 valence electrons. The van der Waals surface area contributed by atoms with Crippen molar-refractivity contribution in [3.8, 4) is 0 Å². The van der Waals surface area contributed by atoms with Gasteiger partial charge in [0.2, 0.25) is 0 Å². The predicted octanol–water partition coefficient (Wildman–Crippen LogP) is 18.6. The third kappa shape index (κ3) is 60.4. The van der Waals surface area contributed by atoms with Gasteiger partial charge in [-0.3, -0.25) is 9.59 Å². The standard InChI is InChI=1S/C70H111NO8/c1-6-8-10-12-14-16-18-20-21-22-23-24-25-26-27-28-29-30-31-32-33-34-35-36-37-38-39-40-41-42-43-44-45-46-47-49-51-53-55-57-59-61-68(73)79-66(65-78-70(69(74)75)76-63-62-71(3,4)5)64-77-67(72)60-58-56-54-52-50-48-19-17-15-13-11-9-7-2/h8-11,14-17,20-21,23-24,26-27,29-30,32-33,35-36,38-39,48,50,54,56,66,70H,6-7,12-13,18-19,22,25,28,31,34,37,40-47,49,51-53,55,57-65H2,1-5H3/p+1/b10-8-,11-9-,16-14-,17-15-,21-20-,24-23-,27-26-,30-29-,33-32-,36-35-,39-38-,50-48-,56-54-. The molecule has 0 spiro atoms. The number of aliphatic carboxylic acids is 1. The van der Waals surface area contributed by atoms with Crippen molar-refractivity contribution in [2.45, 2.75) is 219 Å². The molecule has 9 nitrogen and oxygen atoms in total. The summed E-state index contributed by atoms with van der Waals surface area (Å²) in [4.78, 5) is 37.3. The quantitative estimate of drug-likeness (QED) is 0.0211. The number of carboxylic acids is 1. The van der Waals surface area contributed by atoms with Gasteiger partial charge in [-0.05, 0) is 109 Å². The van der Waals surface area contributed by atoms with Gasteiger partial charge in [0.1, 0.15) is 13.2 Å². The van der Waals surface area contributed by atoms with Crippen LogP contribution in [-0.2, 0) is 33.3 Å². The molecule has 9 heteroatoms. The summed E-state index contributed by atoms with van der Waals surface area (Å²) in [7, 11) is 5.93. The first kappa shape index (κ1) is 73.9. The van der Waals surface area contributed by atoms with Crippen molar-refractivity contribution < 1.29 is 42.9 Å². The molecule has 0 fully saturated rings. The fourth-order valence-corrected chi connectivity index (χ4v) is 7.67. The van der Waals surface area contributed by atoms with E-state index in [-0.39, 0.29) is 32.7 Å². The Morgan fingerprint density at radius 2 is 0.709 bits per heavy atom. The minimum atomic E-state index is -1.53. The van der Waals surface area contributed by atoms with E-state index in [0.29, 0.717) is 23.9 Å². The highest BCUT2D eigenvalue weighted by molar-refractivity contribution is 5.71. The van der Waals surface area contributed by atoms with Crippen LogP contribution < -0.4 is 0 Å². The molecule has 0 rings (SSSR count). The average molecular weight is 1100 g/mol. The summed E-state index contributed by atoms with van der Waals surface area (Å²) in [5, 5.41) is 9.68. The molecule has 0 aromatic carbocycles. The van der Waals surface area contributed by atoms with Gasteiger partial charge in [-0.1, -0.05) is 242 Å². The summed E-state index contributed by atoms with van der Waals surface area (Å²) in [6.45, 7) is 4.53. The molecule has 0 radical (unpaired) electrons. The van der Waals surface area contributed by atoms with Crippen LogP contribution >= 0.6 is 0 Å². The van der Waals surface area contributed by atoms with Crippen LogP contribution in [0.15, 0.2) is 158 Å². The third-order valence-electron chi connectivity index (χ3n) is 12.3. The number of quaternary nitrogens is 1. The number of allylic oxidation sites excluding steroid dienone is 26. The van der Waals surface area contributed by atoms with E-state index in [4.69, 9.17) is 18.9 Å². The van der Waals surface area contributed by atoms with Crippen LogP contribution in [0.2, 0.25) is 0 Å². The Bertz CT molecular complexity index is 1850. The van der Waals surface area contributed by atoms with Gasteiger partial charge in [-0.25, -0.2) is 4.79 Å². The first-order valence-corrected chi connectivity index (χ1v) is 30.6. The fourth-order valence-electron chi connectivity index (χ4n) is 7.67. The van der Waals surface area contributed by atoms with Crippen molar-refractivity contribution in [3.63, 3.8) is 0 Å². The van der Waals surface area contributed by atoms with Crippen LogP contribution in [0.5, 0.6) is 0 Å². The number of esters is 2. The van der Waals surface area contributed by atoms with Crippen LogP contribution in [-0.4, -0.2) is 87.4 Å². The number of carbonyl (C=O) groups excluding carboxylic acids is 2. The number of carbonyl (C=O) groups is 3. The Kier molecular flexibility index (Phi) is 55.2. The van der Waals surface area contributed by atoms with E-state index in [9.17, 15) is 19.5 Å². The fraction of sp³-hybridized carbons (Fsp3) is 0.586. The number of carboxylic acid groups (broad SMARTS) is 1. The summed E-state index contributed by atoms with van der Waals surface area (Å²) in [5.41, 5.74) is 0. The number of hydrogen-bond acceptors (Lipinski definition) is 7. The SMILES string of the molecule is CC/C=C\C/C=C\C/C=C\C/C=C\C/C=C\C/C=C\C/C=C\C/C=C\C/C=C\CCCCCCCCCCCCCCCC(=O)OC(COC(=O)CC/C=C\C/C=C\C/C=C\C/C=C\CC)COC(OCC[N+](C)(C)C)C(=O)O. The Balaban J connectivity index is 4.12. The Morgan fingerprint density at radius 3 is 1.06 bits per heavy atom. The first-order valence-electron chi connectivity index (χ1n) is 30.6. The van der Waals surface area contributed by atoms with E-state index in [1.807, 2.05) is 33.3 Å². The Morgan fingerprint density at radius 1 is 0.380 bits per heavy atom. The van der Waals surface area contributed by atoms with Crippen molar-refractivity contribution in [1.82, 2.24) is 0 Å². The number of ether oxygens (including phenoxy) is 4. The lowest BCUT2D eigenvalue weighted by Crippen LogP contribution is -2.40.